The number of methoxy groups -OCH3 is 1. The molecule has 9 nitrogen and oxygen atoms in total. The third-order valence-corrected chi connectivity index (χ3v) is 5.74. The SMILES string of the molecule is CCOc1ccccc1CNc1nc(Nc2cc3c(cc2OC)CCN(C)C3)ncc1C(N)=O. The molecule has 2 heterocycles. The summed E-state index contributed by atoms with van der Waals surface area (Å²) in [4.78, 5) is 23.1. The zero-order valence-corrected chi connectivity index (χ0v) is 19.7. The number of nitrogens with two attached hydrogens (primary N) is 1. The van der Waals surface area contributed by atoms with Crippen molar-refractivity contribution in [1.82, 2.24) is 14.9 Å². The molecule has 4 rings (SSSR count). The number of carbonyl (C=O) groups is 1. The summed E-state index contributed by atoms with van der Waals surface area (Å²) < 4.78 is 11.3. The van der Waals surface area contributed by atoms with Gasteiger partial charge in [-0.05, 0) is 49.7 Å². The largest absolute Gasteiger partial charge is 0.495 e. The van der Waals surface area contributed by atoms with Crippen LogP contribution in [0.3, 0.4) is 0 Å². The highest BCUT2D eigenvalue weighted by Gasteiger charge is 2.18. The minimum absolute atomic E-state index is 0.207. The van der Waals surface area contributed by atoms with Gasteiger partial charge in [-0.3, -0.25) is 4.79 Å². The first-order chi connectivity index (χ1) is 16.5. The van der Waals surface area contributed by atoms with Crippen LogP contribution in [0.1, 0.15) is 34.0 Å². The molecule has 1 aromatic heterocycles. The molecular formula is C25H30N6O3. The third-order valence-electron chi connectivity index (χ3n) is 5.74. The molecule has 0 radical (unpaired) electrons. The van der Waals surface area contributed by atoms with Crippen molar-refractivity contribution in [3.8, 4) is 11.5 Å². The maximum Gasteiger partial charge on any atom is 0.254 e. The fraction of sp³-hybridized carbons (Fsp3) is 0.320. The van der Waals surface area contributed by atoms with Crippen molar-refractivity contribution in [3.63, 3.8) is 0 Å². The molecule has 0 bridgehead atoms. The Morgan fingerprint density at radius 1 is 1.21 bits per heavy atom. The second kappa shape index (κ2) is 10.4. The first kappa shape index (κ1) is 23.3. The lowest BCUT2D eigenvalue weighted by Gasteiger charge is -2.26. The van der Waals surface area contributed by atoms with Gasteiger partial charge in [0, 0.05) is 31.4 Å². The standard InChI is InChI=1S/C25H30N6O3/c1-4-34-21-8-6-5-7-17(21)13-27-24-19(23(26)32)14-28-25(30-24)29-20-11-18-15-31(2)10-9-16(18)12-22(20)33-3/h5-8,11-12,14H,4,9-10,13,15H2,1-3H3,(H2,26,32)(H2,27,28,29,30). The molecule has 0 atom stereocenters. The number of aromatic nitrogens is 2. The maximum absolute atomic E-state index is 12.0. The number of hydrogen-bond donors (Lipinski definition) is 3. The molecule has 3 aromatic rings. The molecule has 1 aliphatic rings. The van der Waals surface area contributed by atoms with E-state index >= 15 is 0 Å². The summed E-state index contributed by atoms with van der Waals surface area (Å²) in [6.45, 7) is 4.78. The number of nitrogens with zero attached hydrogens (tertiary/aromatic N) is 3. The summed E-state index contributed by atoms with van der Waals surface area (Å²) in [5.41, 5.74) is 9.99. The zero-order chi connectivity index (χ0) is 24.1. The Hall–Kier alpha value is -3.85. The van der Waals surface area contributed by atoms with E-state index in [4.69, 9.17) is 15.2 Å². The van der Waals surface area contributed by atoms with E-state index in [2.05, 4.69) is 44.7 Å². The van der Waals surface area contributed by atoms with Crippen LogP contribution in [0.4, 0.5) is 17.5 Å². The van der Waals surface area contributed by atoms with Gasteiger partial charge in [0.2, 0.25) is 5.95 Å². The van der Waals surface area contributed by atoms with E-state index in [1.54, 1.807) is 7.11 Å². The summed E-state index contributed by atoms with van der Waals surface area (Å²) >= 11 is 0. The molecule has 9 heteroatoms. The van der Waals surface area contributed by atoms with Gasteiger partial charge < -0.3 is 30.7 Å². The molecule has 1 amide bonds. The minimum Gasteiger partial charge on any atom is -0.495 e. The number of benzene rings is 2. The summed E-state index contributed by atoms with van der Waals surface area (Å²) in [6.07, 6.45) is 2.40. The Bertz CT molecular complexity index is 1180. The van der Waals surface area contributed by atoms with Crippen LogP contribution in [0, 0.1) is 0 Å². The van der Waals surface area contributed by atoms with Gasteiger partial charge >= 0.3 is 0 Å². The van der Waals surface area contributed by atoms with Crippen LogP contribution in [0.5, 0.6) is 11.5 Å². The highest BCUT2D eigenvalue weighted by molar-refractivity contribution is 5.97. The summed E-state index contributed by atoms with van der Waals surface area (Å²) in [6, 6.07) is 11.8. The number of ether oxygens (including phenoxy) is 2. The lowest BCUT2D eigenvalue weighted by atomic mass is 9.99. The number of amides is 1. The highest BCUT2D eigenvalue weighted by Crippen LogP contribution is 2.33. The molecule has 34 heavy (non-hydrogen) atoms. The Kier molecular flexibility index (Phi) is 7.12. The molecule has 0 spiro atoms. The molecule has 0 saturated heterocycles. The molecule has 0 aliphatic carbocycles. The fourth-order valence-electron chi connectivity index (χ4n) is 4.00. The first-order valence-corrected chi connectivity index (χ1v) is 11.2. The second-order valence-electron chi connectivity index (χ2n) is 8.15. The molecule has 0 fully saturated rings. The predicted octanol–water partition coefficient (Wildman–Crippen LogP) is 3.33. The van der Waals surface area contributed by atoms with Crippen molar-refractivity contribution < 1.29 is 14.3 Å². The van der Waals surface area contributed by atoms with Crippen molar-refractivity contribution in [3.05, 3.63) is 64.8 Å². The van der Waals surface area contributed by atoms with Gasteiger partial charge in [-0.25, -0.2) is 4.98 Å². The van der Waals surface area contributed by atoms with Crippen molar-refractivity contribution in [2.45, 2.75) is 26.4 Å². The van der Waals surface area contributed by atoms with Crippen molar-refractivity contribution >= 4 is 23.4 Å². The van der Waals surface area contributed by atoms with Gasteiger partial charge in [0.15, 0.2) is 0 Å². The van der Waals surface area contributed by atoms with Gasteiger partial charge in [0.1, 0.15) is 17.3 Å². The van der Waals surface area contributed by atoms with Gasteiger partial charge in [-0.2, -0.15) is 4.98 Å². The second-order valence-corrected chi connectivity index (χ2v) is 8.15. The molecule has 0 unspecified atom stereocenters. The quantitative estimate of drug-likeness (QED) is 0.444. The van der Waals surface area contributed by atoms with E-state index in [-0.39, 0.29) is 5.56 Å². The number of primary amides is 1. The number of fused-ring (bicyclic) bond motifs is 1. The summed E-state index contributed by atoms with van der Waals surface area (Å²) in [5, 5.41) is 6.45. The zero-order valence-electron chi connectivity index (χ0n) is 19.7. The average molecular weight is 463 g/mol. The first-order valence-electron chi connectivity index (χ1n) is 11.2. The molecular weight excluding hydrogens is 432 g/mol. The van der Waals surface area contributed by atoms with Crippen LogP contribution in [0.25, 0.3) is 0 Å². The topological polar surface area (TPSA) is 115 Å². The van der Waals surface area contributed by atoms with Gasteiger partial charge in [-0.1, -0.05) is 18.2 Å². The van der Waals surface area contributed by atoms with E-state index in [0.717, 1.165) is 36.5 Å². The van der Waals surface area contributed by atoms with Crippen molar-refractivity contribution in [2.75, 3.05) is 37.9 Å². The van der Waals surface area contributed by atoms with E-state index in [0.29, 0.717) is 30.7 Å². The van der Waals surface area contributed by atoms with E-state index in [1.807, 2.05) is 31.2 Å². The lowest BCUT2D eigenvalue weighted by molar-refractivity contribution is 0.100. The minimum atomic E-state index is -0.610. The third kappa shape index (κ3) is 5.20. The van der Waals surface area contributed by atoms with Gasteiger partial charge in [0.25, 0.3) is 5.91 Å². The Morgan fingerprint density at radius 3 is 2.79 bits per heavy atom. The number of likely N-dealkylation sites (N-methyl/N-ethyl adjacent to an activating group) is 1. The molecule has 178 valence electrons. The number of hydrogen-bond acceptors (Lipinski definition) is 8. The fourth-order valence-corrected chi connectivity index (χ4v) is 4.00. The molecule has 2 aromatic carbocycles. The normalized spacial score (nSPS) is 13.1. The molecule has 4 N–H and O–H groups in total. The van der Waals surface area contributed by atoms with Gasteiger partial charge in [0.05, 0.1) is 25.0 Å². The van der Waals surface area contributed by atoms with Crippen molar-refractivity contribution in [1.29, 1.82) is 0 Å². The number of anilines is 3. The van der Waals surface area contributed by atoms with E-state index in [1.165, 1.54) is 17.3 Å². The van der Waals surface area contributed by atoms with E-state index in [9.17, 15) is 4.79 Å². The van der Waals surface area contributed by atoms with Crippen LogP contribution >= 0.6 is 0 Å². The van der Waals surface area contributed by atoms with Crippen molar-refractivity contribution in [2.24, 2.45) is 5.73 Å². The average Bonchev–Trinajstić information content (AvgIpc) is 2.83. The number of para-hydroxylation sites is 1. The maximum atomic E-state index is 12.0. The summed E-state index contributed by atoms with van der Waals surface area (Å²) in [5.74, 6) is 1.54. The van der Waals surface area contributed by atoms with Gasteiger partial charge in [-0.15, -0.1) is 0 Å². The number of nitrogens with one attached hydrogen (secondary N) is 2. The van der Waals surface area contributed by atoms with Crippen LogP contribution in [-0.4, -0.2) is 48.1 Å². The summed E-state index contributed by atoms with van der Waals surface area (Å²) in [7, 11) is 3.75. The Morgan fingerprint density at radius 2 is 2.03 bits per heavy atom. The highest BCUT2D eigenvalue weighted by atomic mass is 16.5. The smallest absolute Gasteiger partial charge is 0.254 e. The predicted molar refractivity (Wildman–Crippen MR) is 132 cm³/mol. The monoisotopic (exact) mass is 462 g/mol. The van der Waals surface area contributed by atoms with Crippen LogP contribution in [0.15, 0.2) is 42.6 Å². The van der Waals surface area contributed by atoms with Crippen LogP contribution in [-0.2, 0) is 19.5 Å². The van der Waals surface area contributed by atoms with Crippen LogP contribution < -0.4 is 25.8 Å². The number of carbonyl (C=O) groups excluding carboxylic acids is 1. The lowest BCUT2D eigenvalue weighted by Crippen LogP contribution is -2.26. The Balaban J connectivity index is 1.60. The van der Waals surface area contributed by atoms with E-state index < -0.39 is 5.91 Å². The molecule has 1 aliphatic heterocycles. The Labute approximate surface area is 199 Å². The molecule has 0 saturated carbocycles. The number of rotatable bonds is 9. The van der Waals surface area contributed by atoms with Crippen LogP contribution in [0.2, 0.25) is 0 Å².